The van der Waals surface area contributed by atoms with Crippen molar-refractivity contribution < 1.29 is 19.4 Å². The number of rotatable bonds is 3. The molecule has 0 saturated carbocycles. The maximum Gasteiger partial charge on any atom is 0.317 e. The molecule has 2 heterocycles. The molecular weight excluding hydrogens is 296 g/mol. The number of carbonyl (C=O) groups is 2. The average Bonchev–Trinajstić information content (AvgIpc) is 2.94. The number of urea groups is 1. The maximum atomic E-state index is 12.3. The van der Waals surface area contributed by atoms with Gasteiger partial charge in [-0.05, 0) is 24.0 Å². The summed E-state index contributed by atoms with van der Waals surface area (Å²) in [6.07, 6.45) is 1.35. The Kier molecular flexibility index (Phi) is 4.41. The van der Waals surface area contributed by atoms with Crippen LogP contribution in [0, 0.1) is 11.8 Å². The second-order valence-electron chi connectivity index (χ2n) is 6.52. The third-order valence-electron chi connectivity index (χ3n) is 4.49. The SMILES string of the molecule is CC1CC(C(=O)O)CN(C(=O)NCC2Cc3ccccc3O2)C1. The summed E-state index contributed by atoms with van der Waals surface area (Å²) < 4.78 is 5.80. The van der Waals surface area contributed by atoms with E-state index in [2.05, 4.69) is 5.32 Å². The Balaban J connectivity index is 1.51. The lowest BCUT2D eigenvalue weighted by molar-refractivity contribution is -0.143. The van der Waals surface area contributed by atoms with Crippen molar-refractivity contribution in [1.82, 2.24) is 10.2 Å². The van der Waals surface area contributed by atoms with Gasteiger partial charge in [-0.15, -0.1) is 0 Å². The van der Waals surface area contributed by atoms with Crippen LogP contribution >= 0.6 is 0 Å². The third-order valence-corrected chi connectivity index (χ3v) is 4.49. The smallest absolute Gasteiger partial charge is 0.317 e. The lowest BCUT2D eigenvalue weighted by Gasteiger charge is -2.34. The molecule has 124 valence electrons. The van der Waals surface area contributed by atoms with Gasteiger partial charge >= 0.3 is 12.0 Å². The number of hydrogen-bond acceptors (Lipinski definition) is 3. The van der Waals surface area contributed by atoms with Crippen LogP contribution in [0.4, 0.5) is 4.79 Å². The van der Waals surface area contributed by atoms with Crippen molar-refractivity contribution in [3.8, 4) is 5.75 Å². The minimum Gasteiger partial charge on any atom is -0.488 e. The summed E-state index contributed by atoms with van der Waals surface area (Å²) in [6.45, 7) is 3.28. The van der Waals surface area contributed by atoms with Crippen LogP contribution in [0.3, 0.4) is 0 Å². The van der Waals surface area contributed by atoms with Gasteiger partial charge in [0.15, 0.2) is 0 Å². The maximum absolute atomic E-state index is 12.3. The van der Waals surface area contributed by atoms with Crippen molar-refractivity contribution in [3.63, 3.8) is 0 Å². The van der Waals surface area contributed by atoms with E-state index < -0.39 is 11.9 Å². The largest absolute Gasteiger partial charge is 0.488 e. The number of piperidine rings is 1. The van der Waals surface area contributed by atoms with Crippen molar-refractivity contribution in [2.75, 3.05) is 19.6 Å². The summed E-state index contributed by atoms with van der Waals surface area (Å²) in [6, 6.07) is 7.66. The fraction of sp³-hybridized carbons (Fsp3) is 0.529. The standard InChI is InChI=1S/C17H22N2O4/c1-11-6-13(16(20)21)10-19(9-11)17(22)18-8-14-7-12-4-2-3-5-15(12)23-14/h2-5,11,13-14H,6-10H2,1H3,(H,18,22)(H,20,21). The van der Waals surface area contributed by atoms with Gasteiger partial charge in [-0.2, -0.15) is 0 Å². The second-order valence-corrected chi connectivity index (χ2v) is 6.52. The monoisotopic (exact) mass is 318 g/mol. The molecule has 2 amide bonds. The molecule has 1 aromatic carbocycles. The number of nitrogens with zero attached hydrogens (tertiary/aromatic N) is 1. The highest BCUT2D eigenvalue weighted by Crippen LogP contribution is 2.28. The number of carbonyl (C=O) groups excluding carboxylic acids is 1. The number of para-hydroxylation sites is 1. The summed E-state index contributed by atoms with van der Waals surface area (Å²) in [5.41, 5.74) is 1.16. The predicted molar refractivity (Wildman–Crippen MR) is 84.4 cm³/mol. The molecule has 3 atom stereocenters. The molecule has 0 spiro atoms. The van der Waals surface area contributed by atoms with Crippen molar-refractivity contribution >= 4 is 12.0 Å². The van der Waals surface area contributed by atoms with Crippen LogP contribution in [0.1, 0.15) is 18.9 Å². The van der Waals surface area contributed by atoms with Gasteiger partial charge in [0.1, 0.15) is 11.9 Å². The lowest BCUT2D eigenvalue weighted by atomic mass is 9.91. The van der Waals surface area contributed by atoms with E-state index in [9.17, 15) is 14.7 Å². The molecule has 6 heteroatoms. The van der Waals surface area contributed by atoms with Crippen LogP contribution in [0.25, 0.3) is 0 Å². The van der Waals surface area contributed by atoms with Crippen LogP contribution in [0.15, 0.2) is 24.3 Å². The molecule has 1 aromatic rings. The van der Waals surface area contributed by atoms with Crippen LogP contribution in [-0.2, 0) is 11.2 Å². The Morgan fingerprint density at radius 1 is 1.35 bits per heavy atom. The zero-order chi connectivity index (χ0) is 16.4. The molecule has 2 aliphatic rings. The van der Waals surface area contributed by atoms with Gasteiger partial charge in [0, 0.05) is 19.5 Å². The fourth-order valence-corrected chi connectivity index (χ4v) is 3.38. The van der Waals surface area contributed by atoms with E-state index in [1.807, 2.05) is 31.2 Å². The third kappa shape index (κ3) is 3.57. The summed E-state index contributed by atoms with van der Waals surface area (Å²) in [4.78, 5) is 25.1. The number of benzene rings is 1. The van der Waals surface area contributed by atoms with Crippen LogP contribution in [0.5, 0.6) is 5.75 Å². The van der Waals surface area contributed by atoms with E-state index in [0.29, 0.717) is 19.5 Å². The zero-order valence-electron chi connectivity index (χ0n) is 13.2. The highest BCUT2D eigenvalue weighted by molar-refractivity contribution is 5.76. The quantitative estimate of drug-likeness (QED) is 0.890. The van der Waals surface area contributed by atoms with Crippen molar-refractivity contribution in [3.05, 3.63) is 29.8 Å². The first-order chi connectivity index (χ1) is 11.0. The molecule has 1 fully saturated rings. The average molecular weight is 318 g/mol. The molecule has 2 N–H and O–H groups in total. The molecule has 2 aliphatic heterocycles. The van der Waals surface area contributed by atoms with Crippen LogP contribution in [-0.4, -0.2) is 47.7 Å². The van der Waals surface area contributed by atoms with Gasteiger partial charge in [0.25, 0.3) is 0 Å². The Hall–Kier alpha value is -2.24. The predicted octanol–water partition coefficient (Wildman–Crippen LogP) is 1.74. The number of aliphatic carboxylic acids is 1. The van der Waals surface area contributed by atoms with Crippen molar-refractivity contribution in [2.45, 2.75) is 25.9 Å². The molecule has 6 nitrogen and oxygen atoms in total. The molecule has 23 heavy (non-hydrogen) atoms. The van der Waals surface area contributed by atoms with E-state index in [4.69, 9.17) is 4.74 Å². The molecule has 0 aliphatic carbocycles. The first-order valence-corrected chi connectivity index (χ1v) is 8.03. The van der Waals surface area contributed by atoms with E-state index in [0.717, 1.165) is 17.7 Å². The summed E-state index contributed by atoms with van der Waals surface area (Å²) >= 11 is 0. The van der Waals surface area contributed by atoms with E-state index in [-0.39, 0.29) is 24.6 Å². The van der Waals surface area contributed by atoms with Gasteiger partial charge in [0.2, 0.25) is 0 Å². The first-order valence-electron chi connectivity index (χ1n) is 8.03. The fourth-order valence-electron chi connectivity index (χ4n) is 3.38. The first kappa shape index (κ1) is 15.6. The Morgan fingerprint density at radius 2 is 2.13 bits per heavy atom. The van der Waals surface area contributed by atoms with E-state index >= 15 is 0 Å². The second kappa shape index (κ2) is 6.48. The van der Waals surface area contributed by atoms with Crippen molar-refractivity contribution in [2.24, 2.45) is 11.8 Å². The Morgan fingerprint density at radius 3 is 2.87 bits per heavy atom. The van der Waals surface area contributed by atoms with Crippen LogP contribution in [0.2, 0.25) is 0 Å². The lowest BCUT2D eigenvalue weighted by Crippen LogP contribution is -2.50. The highest BCUT2D eigenvalue weighted by atomic mass is 16.5. The van der Waals surface area contributed by atoms with Gasteiger partial charge in [-0.1, -0.05) is 25.1 Å². The molecule has 0 bridgehead atoms. The normalized spacial score (nSPS) is 26.3. The summed E-state index contributed by atoms with van der Waals surface area (Å²) in [7, 11) is 0. The molecule has 0 radical (unpaired) electrons. The summed E-state index contributed by atoms with van der Waals surface area (Å²) in [5.74, 6) is -0.229. The van der Waals surface area contributed by atoms with Crippen molar-refractivity contribution in [1.29, 1.82) is 0 Å². The Bertz CT molecular complexity index is 579. The van der Waals surface area contributed by atoms with Gasteiger partial charge < -0.3 is 20.1 Å². The van der Waals surface area contributed by atoms with Gasteiger partial charge in [-0.3, -0.25) is 4.79 Å². The summed E-state index contributed by atoms with van der Waals surface area (Å²) in [5, 5.41) is 12.1. The number of carboxylic acids is 1. The molecule has 0 aromatic heterocycles. The number of amides is 2. The molecule has 1 saturated heterocycles. The Labute approximate surface area is 135 Å². The number of likely N-dealkylation sites (tertiary alicyclic amines) is 1. The minimum atomic E-state index is -0.830. The minimum absolute atomic E-state index is 0.0613. The number of nitrogens with one attached hydrogen (secondary N) is 1. The topological polar surface area (TPSA) is 78.9 Å². The molecular formula is C17H22N2O4. The van der Waals surface area contributed by atoms with Crippen LogP contribution < -0.4 is 10.1 Å². The number of fused-ring (bicyclic) bond motifs is 1. The highest BCUT2D eigenvalue weighted by Gasteiger charge is 2.32. The number of ether oxygens (including phenoxy) is 1. The van der Waals surface area contributed by atoms with E-state index in [1.165, 1.54) is 0 Å². The van der Waals surface area contributed by atoms with Gasteiger partial charge in [-0.25, -0.2) is 4.79 Å². The zero-order valence-corrected chi connectivity index (χ0v) is 13.2. The molecule has 3 unspecified atom stereocenters. The number of hydrogen-bond donors (Lipinski definition) is 2. The molecule has 3 rings (SSSR count). The van der Waals surface area contributed by atoms with Gasteiger partial charge in [0.05, 0.1) is 12.5 Å². The van der Waals surface area contributed by atoms with E-state index in [1.54, 1.807) is 4.90 Å². The number of carboxylic acid groups (broad SMARTS) is 1.